The highest BCUT2D eigenvalue weighted by molar-refractivity contribution is 6.31. The summed E-state index contributed by atoms with van der Waals surface area (Å²) in [7, 11) is 3.29. The van der Waals surface area contributed by atoms with Gasteiger partial charge in [0.25, 0.3) is 0 Å². The number of hydrogen-bond acceptors (Lipinski definition) is 3. The van der Waals surface area contributed by atoms with Gasteiger partial charge in [0.1, 0.15) is 0 Å². The zero-order valence-corrected chi connectivity index (χ0v) is 12.1. The van der Waals surface area contributed by atoms with Crippen molar-refractivity contribution in [3.63, 3.8) is 0 Å². The molecule has 1 rings (SSSR count). The van der Waals surface area contributed by atoms with E-state index in [1.807, 2.05) is 38.1 Å². The average molecular weight is 273 g/mol. The minimum Gasteiger partial charge on any atom is -0.379 e. The summed E-state index contributed by atoms with van der Waals surface area (Å²) in [6.45, 7) is 3.84. The summed E-state index contributed by atoms with van der Waals surface area (Å²) in [6, 6.07) is 7.76. The van der Waals surface area contributed by atoms with Gasteiger partial charge in [-0.05, 0) is 25.5 Å². The molecule has 3 atom stereocenters. The molecule has 0 aliphatic rings. The van der Waals surface area contributed by atoms with Crippen molar-refractivity contribution in [2.75, 3.05) is 14.2 Å². The summed E-state index contributed by atoms with van der Waals surface area (Å²) in [6.07, 6.45) is 0.307. The van der Waals surface area contributed by atoms with Gasteiger partial charge in [-0.2, -0.15) is 0 Å². The summed E-state index contributed by atoms with van der Waals surface area (Å²) in [5.41, 5.74) is 1.05. The minimum absolute atomic E-state index is 0.0288. The van der Waals surface area contributed by atoms with Crippen molar-refractivity contribution in [3.05, 3.63) is 34.9 Å². The van der Waals surface area contributed by atoms with E-state index in [9.17, 15) is 0 Å². The Kier molecular flexibility index (Phi) is 6.65. The summed E-state index contributed by atoms with van der Waals surface area (Å²) in [5, 5.41) is 0.750. The maximum atomic E-state index is 6.16. The monoisotopic (exact) mass is 272 g/mol. The molecule has 0 saturated heterocycles. The van der Waals surface area contributed by atoms with E-state index >= 15 is 0 Å². The van der Waals surface area contributed by atoms with Gasteiger partial charge in [-0.1, -0.05) is 29.8 Å². The van der Waals surface area contributed by atoms with Gasteiger partial charge in [0.15, 0.2) is 6.29 Å². The summed E-state index contributed by atoms with van der Waals surface area (Å²) in [5.74, 6) is 0. The van der Waals surface area contributed by atoms with Gasteiger partial charge in [0.2, 0.25) is 0 Å². The highest BCUT2D eigenvalue weighted by Gasteiger charge is 2.21. The molecule has 4 heteroatoms. The van der Waals surface area contributed by atoms with Gasteiger partial charge >= 0.3 is 0 Å². The second-order valence-electron chi connectivity index (χ2n) is 4.21. The summed E-state index contributed by atoms with van der Waals surface area (Å²) >= 11 is 6.16. The van der Waals surface area contributed by atoms with Crippen LogP contribution in [0.3, 0.4) is 0 Å². The highest BCUT2D eigenvalue weighted by Crippen LogP contribution is 2.20. The van der Waals surface area contributed by atoms with Gasteiger partial charge < -0.3 is 14.2 Å². The van der Waals surface area contributed by atoms with Gasteiger partial charge in [-0.3, -0.25) is 0 Å². The Morgan fingerprint density at radius 3 is 2.33 bits per heavy atom. The fourth-order valence-electron chi connectivity index (χ4n) is 1.66. The topological polar surface area (TPSA) is 27.7 Å². The lowest BCUT2D eigenvalue weighted by Crippen LogP contribution is -2.34. The number of halogens is 1. The van der Waals surface area contributed by atoms with Crippen molar-refractivity contribution >= 4 is 11.6 Å². The molecular formula is C14H21ClO3. The van der Waals surface area contributed by atoms with Crippen LogP contribution >= 0.6 is 11.6 Å². The Labute approximate surface area is 114 Å². The van der Waals surface area contributed by atoms with Crippen molar-refractivity contribution in [2.24, 2.45) is 0 Å². The van der Waals surface area contributed by atoms with E-state index in [2.05, 4.69) is 0 Å². The molecule has 0 aromatic heterocycles. The average Bonchev–Trinajstić information content (AvgIpc) is 2.39. The lowest BCUT2D eigenvalue weighted by atomic mass is 10.0. The molecule has 1 aromatic carbocycles. The third kappa shape index (κ3) is 4.58. The smallest absolute Gasteiger partial charge is 0.154 e. The molecule has 0 fully saturated rings. The molecule has 0 aliphatic carbocycles. The van der Waals surface area contributed by atoms with Crippen LogP contribution in [0.2, 0.25) is 5.02 Å². The molecule has 0 radical (unpaired) electrons. The molecule has 0 spiro atoms. The molecular weight excluding hydrogens is 252 g/mol. The van der Waals surface area contributed by atoms with Gasteiger partial charge in [-0.15, -0.1) is 0 Å². The van der Waals surface area contributed by atoms with E-state index in [4.69, 9.17) is 25.8 Å². The SMILES string of the molecule is COC(C)O[C@@H](Cc1ccccc1Cl)C(C)OC. The third-order valence-corrected chi connectivity index (χ3v) is 3.34. The Balaban J connectivity index is 2.75. The molecule has 0 aliphatic heterocycles. The number of rotatable bonds is 7. The summed E-state index contributed by atoms with van der Waals surface area (Å²) < 4.78 is 16.3. The van der Waals surface area contributed by atoms with Crippen molar-refractivity contribution < 1.29 is 14.2 Å². The molecule has 0 saturated carbocycles. The van der Waals surface area contributed by atoms with Gasteiger partial charge in [0, 0.05) is 25.7 Å². The van der Waals surface area contributed by atoms with Crippen molar-refractivity contribution in [2.45, 2.75) is 38.8 Å². The molecule has 102 valence electrons. The van der Waals surface area contributed by atoms with E-state index in [0.29, 0.717) is 6.42 Å². The van der Waals surface area contributed by atoms with Crippen molar-refractivity contribution in [1.29, 1.82) is 0 Å². The molecule has 18 heavy (non-hydrogen) atoms. The molecule has 0 heterocycles. The zero-order chi connectivity index (χ0) is 13.5. The summed E-state index contributed by atoms with van der Waals surface area (Å²) in [4.78, 5) is 0. The first-order valence-electron chi connectivity index (χ1n) is 6.03. The zero-order valence-electron chi connectivity index (χ0n) is 11.4. The maximum Gasteiger partial charge on any atom is 0.154 e. The first-order valence-corrected chi connectivity index (χ1v) is 6.40. The Hall–Kier alpha value is -0.610. The second-order valence-corrected chi connectivity index (χ2v) is 4.62. The Morgan fingerprint density at radius 1 is 1.11 bits per heavy atom. The van der Waals surface area contributed by atoms with Crippen LogP contribution in [-0.4, -0.2) is 32.7 Å². The number of methoxy groups -OCH3 is 2. The van der Waals surface area contributed by atoms with Crippen LogP contribution in [0.4, 0.5) is 0 Å². The molecule has 0 bridgehead atoms. The normalized spacial score (nSPS) is 16.3. The van der Waals surface area contributed by atoms with Gasteiger partial charge in [-0.25, -0.2) is 0 Å². The van der Waals surface area contributed by atoms with Crippen LogP contribution in [0, 0.1) is 0 Å². The van der Waals surface area contributed by atoms with E-state index in [0.717, 1.165) is 10.6 Å². The molecule has 2 unspecified atom stereocenters. The largest absolute Gasteiger partial charge is 0.379 e. The van der Waals surface area contributed by atoms with E-state index in [1.165, 1.54) is 0 Å². The fraction of sp³-hybridized carbons (Fsp3) is 0.571. The fourth-order valence-corrected chi connectivity index (χ4v) is 1.87. The molecule has 3 nitrogen and oxygen atoms in total. The van der Waals surface area contributed by atoms with Crippen LogP contribution < -0.4 is 0 Å². The van der Waals surface area contributed by atoms with Crippen LogP contribution in [0.25, 0.3) is 0 Å². The minimum atomic E-state index is -0.268. The lowest BCUT2D eigenvalue weighted by Gasteiger charge is -2.26. The standard InChI is InChI=1S/C14H21ClO3/c1-10(16-3)14(18-11(2)17-4)9-12-7-5-6-8-13(12)15/h5-8,10-11,14H,9H2,1-4H3/t10?,11?,14-/m0/s1. The van der Waals surface area contributed by atoms with Crippen LogP contribution in [0.15, 0.2) is 24.3 Å². The van der Waals surface area contributed by atoms with Crippen LogP contribution in [0.1, 0.15) is 19.4 Å². The Bertz CT molecular complexity index is 357. The quantitative estimate of drug-likeness (QED) is 0.713. The predicted molar refractivity (Wildman–Crippen MR) is 73.0 cm³/mol. The van der Waals surface area contributed by atoms with E-state index in [1.54, 1.807) is 14.2 Å². The Morgan fingerprint density at radius 2 is 1.78 bits per heavy atom. The van der Waals surface area contributed by atoms with Crippen LogP contribution in [0.5, 0.6) is 0 Å². The lowest BCUT2D eigenvalue weighted by molar-refractivity contribution is -0.171. The van der Waals surface area contributed by atoms with Crippen molar-refractivity contribution in [3.8, 4) is 0 Å². The van der Waals surface area contributed by atoms with Gasteiger partial charge in [0.05, 0.1) is 12.2 Å². The number of ether oxygens (including phenoxy) is 3. The third-order valence-electron chi connectivity index (χ3n) is 2.97. The van der Waals surface area contributed by atoms with Crippen LogP contribution in [-0.2, 0) is 20.6 Å². The number of hydrogen-bond donors (Lipinski definition) is 0. The first kappa shape index (κ1) is 15.4. The van der Waals surface area contributed by atoms with Crippen molar-refractivity contribution in [1.82, 2.24) is 0 Å². The number of benzene rings is 1. The second kappa shape index (κ2) is 7.74. The predicted octanol–water partition coefficient (Wildman–Crippen LogP) is 3.30. The molecule has 0 amide bonds. The van der Waals surface area contributed by atoms with E-state index < -0.39 is 0 Å². The first-order chi connectivity index (χ1) is 8.58. The van der Waals surface area contributed by atoms with E-state index in [-0.39, 0.29) is 18.5 Å². The highest BCUT2D eigenvalue weighted by atomic mass is 35.5. The molecule has 0 N–H and O–H groups in total. The molecule has 1 aromatic rings. The maximum absolute atomic E-state index is 6.16.